The number of nitrogens with one attached hydrogen (secondary N) is 1. The largest absolute Gasteiger partial charge is 0.337 e. The molecule has 0 amide bonds. The van der Waals surface area contributed by atoms with Crippen molar-refractivity contribution >= 4 is 15.9 Å². The molecule has 1 atom stereocenters. The molecule has 0 spiro atoms. The minimum absolute atomic E-state index is 0.436. The van der Waals surface area contributed by atoms with Gasteiger partial charge in [0.25, 0.3) is 0 Å². The molecule has 0 radical (unpaired) electrons. The van der Waals surface area contributed by atoms with Crippen LogP contribution < -0.4 is 5.32 Å². The molecule has 0 fully saturated rings. The molecule has 5 nitrogen and oxygen atoms in total. The second-order valence-electron chi connectivity index (χ2n) is 4.06. The molecule has 1 unspecified atom stereocenters. The van der Waals surface area contributed by atoms with Gasteiger partial charge in [-0.25, -0.2) is 0 Å². The van der Waals surface area contributed by atoms with E-state index >= 15 is 0 Å². The van der Waals surface area contributed by atoms with E-state index in [1.54, 1.807) is 6.20 Å². The van der Waals surface area contributed by atoms with Crippen molar-refractivity contribution in [3.8, 4) is 11.5 Å². The highest BCUT2D eigenvalue weighted by atomic mass is 79.9. The fraction of sp³-hybridized carbons (Fsp3) is 0.417. The summed E-state index contributed by atoms with van der Waals surface area (Å²) in [7, 11) is 0. The molecule has 0 aromatic carbocycles. The third-order valence-corrected chi connectivity index (χ3v) is 3.11. The molecule has 1 N–H and O–H groups in total. The highest BCUT2D eigenvalue weighted by Gasteiger charge is 2.10. The van der Waals surface area contributed by atoms with Crippen LogP contribution in [0.3, 0.4) is 0 Å². The summed E-state index contributed by atoms with van der Waals surface area (Å²) in [5.41, 5.74) is 0.705. The molecule has 18 heavy (non-hydrogen) atoms. The Morgan fingerprint density at radius 1 is 1.44 bits per heavy atom. The van der Waals surface area contributed by atoms with E-state index in [2.05, 4.69) is 50.2 Å². The van der Waals surface area contributed by atoms with E-state index in [0.717, 1.165) is 10.9 Å². The average molecular weight is 311 g/mol. The first-order valence-corrected chi connectivity index (χ1v) is 6.66. The van der Waals surface area contributed by atoms with E-state index in [1.807, 2.05) is 12.1 Å². The van der Waals surface area contributed by atoms with Gasteiger partial charge in [-0.15, -0.1) is 0 Å². The monoisotopic (exact) mass is 310 g/mol. The Bertz CT molecular complexity index is 497. The summed E-state index contributed by atoms with van der Waals surface area (Å²) in [4.78, 5) is 8.52. The minimum Gasteiger partial charge on any atom is -0.337 e. The fourth-order valence-corrected chi connectivity index (χ4v) is 1.58. The van der Waals surface area contributed by atoms with E-state index in [0.29, 0.717) is 30.0 Å². The quantitative estimate of drug-likeness (QED) is 0.920. The molecule has 2 aromatic heterocycles. The van der Waals surface area contributed by atoms with Crippen LogP contribution in [-0.2, 0) is 6.54 Å². The lowest BCUT2D eigenvalue weighted by Gasteiger charge is -2.07. The molecule has 2 heterocycles. The number of hydrogen-bond acceptors (Lipinski definition) is 5. The molecular formula is C12H15BrN4O. The van der Waals surface area contributed by atoms with E-state index in [1.165, 1.54) is 0 Å². The molecule has 0 bridgehead atoms. The van der Waals surface area contributed by atoms with Crippen LogP contribution >= 0.6 is 15.9 Å². The van der Waals surface area contributed by atoms with Crippen molar-refractivity contribution < 1.29 is 4.52 Å². The predicted octanol–water partition coefficient (Wildman–Crippen LogP) is 2.78. The third-order valence-electron chi connectivity index (χ3n) is 2.64. The van der Waals surface area contributed by atoms with Crippen LogP contribution in [0, 0.1) is 0 Å². The first-order chi connectivity index (χ1) is 8.69. The SMILES string of the molecule is CCC(C)NCc1nc(-c2ccc(Br)cn2)no1. The van der Waals surface area contributed by atoms with Crippen molar-refractivity contribution in [3.05, 3.63) is 28.7 Å². The fourth-order valence-electron chi connectivity index (χ4n) is 1.34. The molecule has 2 aromatic rings. The normalized spacial score (nSPS) is 12.6. The van der Waals surface area contributed by atoms with E-state index in [-0.39, 0.29) is 0 Å². The maximum atomic E-state index is 5.17. The van der Waals surface area contributed by atoms with Gasteiger partial charge in [0.2, 0.25) is 11.7 Å². The second kappa shape index (κ2) is 6.06. The molecular weight excluding hydrogens is 296 g/mol. The van der Waals surface area contributed by atoms with Gasteiger partial charge < -0.3 is 9.84 Å². The predicted molar refractivity (Wildman–Crippen MR) is 71.8 cm³/mol. The number of rotatable bonds is 5. The number of halogens is 1. The van der Waals surface area contributed by atoms with E-state index < -0.39 is 0 Å². The summed E-state index contributed by atoms with van der Waals surface area (Å²) >= 11 is 3.34. The molecule has 0 aliphatic heterocycles. The molecule has 0 aliphatic rings. The second-order valence-corrected chi connectivity index (χ2v) is 4.98. The van der Waals surface area contributed by atoms with Gasteiger partial charge in [0.15, 0.2) is 0 Å². The summed E-state index contributed by atoms with van der Waals surface area (Å²) in [6.45, 7) is 4.83. The Morgan fingerprint density at radius 3 is 2.94 bits per heavy atom. The molecule has 0 saturated heterocycles. The Kier molecular flexibility index (Phi) is 4.43. The lowest BCUT2D eigenvalue weighted by Crippen LogP contribution is -2.24. The molecule has 96 valence electrons. The third kappa shape index (κ3) is 3.36. The van der Waals surface area contributed by atoms with Gasteiger partial charge in [0.1, 0.15) is 5.69 Å². The zero-order valence-corrected chi connectivity index (χ0v) is 11.9. The summed E-state index contributed by atoms with van der Waals surface area (Å²) in [5, 5.41) is 7.21. The summed E-state index contributed by atoms with van der Waals surface area (Å²) in [6, 6.07) is 4.18. The van der Waals surface area contributed by atoms with Crippen LogP contribution in [0.2, 0.25) is 0 Å². The van der Waals surface area contributed by atoms with E-state index in [9.17, 15) is 0 Å². The van der Waals surface area contributed by atoms with Crippen LogP contribution in [0.25, 0.3) is 11.5 Å². The van der Waals surface area contributed by atoms with Crippen molar-refractivity contribution in [3.63, 3.8) is 0 Å². The minimum atomic E-state index is 0.436. The van der Waals surface area contributed by atoms with Crippen molar-refractivity contribution in [2.75, 3.05) is 0 Å². The smallest absolute Gasteiger partial charge is 0.240 e. The molecule has 0 aliphatic carbocycles. The van der Waals surface area contributed by atoms with Gasteiger partial charge in [-0.05, 0) is 41.4 Å². The maximum absolute atomic E-state index is 5.17. The van der Waals surface area contributed by atoms with Gasteiger partial charge in [-0.2, -0.15) is 4.98 Å². The first-order valence-electron chi connectivity index (χ1n) is 5.87. The average Bonchev–Trinajstić information content (AvgIpc) is 2.85. The number of aromatic nitrogens is 3. The van der Waals surface area contributed by atoms with E-state index in [4.69, 9.17) is 4.52 Å². The van der Waals surface area contributed by atoms with Crippen LogP contribution in [-0.4, -0.2) is 21.2 Å². The Balaban J connectivity index is 2.03. The van der Waals surface area contributed by atoms with Gasteiger partial charge in [-0.3, -0.25) is 4.98 Å². The lowest BCUT2D eigenvalue weighted by atomic mass is 10.3. The molecule has 2 rings (SSSR count). The van der Waals surface area contributed by atoms with Crippen molar-refractivity contribution in [1.29, 1.82) is 0 Å². The van der Waals surface area contributed by atoms with Crippen LogP contribution in [0.15, 0.2) is 27.3 Å². The highest BCUT2D eigenvalue weighted by Crippen LogP contribution is 2.15. The van der Waals surface area contributed by atoms with Crippen LogP contribution in [0.4, 0.5) is 0 Å². The van der Waals surface area contributed by atoms with Crippen LogP contribution in [0.5, 0.6) is 0 Å². The number of nitrogens with zero attached hydrogens (tertiary/aromatic N) is 3. The van der Waals surface area contributed by atoms with Crippen LogP contribution in [0.1, 0.15) is 26.2 Å². The number of hydrogen-bond donors (Lipinski definition) is 1. The maximum Gasteiger partial charge on any atom is 0.240 e. The first kappa shape index (κ1) is 13.2. The Labute approximate surface area is 114 Å². The van der Waals surface area contributed by atoms with Gasteiger partial charge >= 0.3 is 0 Å². The van der Waals surface area contributed by atoms with Gasteiger partial charge in [0.05, 0.1) is 6.54 Å². The lowest BCUT2D eigenvalue weighted by molar-refractivity contribution is 0.358. The Morgan fingerprint density at radius 2 is 2.28 bits per heavy atom. The van der Waals surface area contributed by atoms with Crippen molar-refractivity contribution in [2.24, 2.45) is 0 Å². The summed E-state index contributed by atoms with van der Waals surface area (Å²) in [6.07, 6.45) is 2.78. The van der Waals surface area contributed by atoms with Crippen molar-refractivity contribution in [1.82, 2.24) is 20.4 Å². The zero-order valence-electron chi connectivity index (χ0n) is 10.4. The highest BCUT2D eigenvalue weighted by molar-refractivity contribution is 9.10. The Hall–Kier alpha value is -1.27. The molecule has 6 heteroatoms. The van der Waals surface area contributed by atoms with Gasteiger partial charge in [-0.1, -0.05) is 12.1 Å². The number of pyridine rings is 1. The summed E-state index contributed by atoms with van der Waals surface area (Å²) in [5.74, 6) is 1.10. The zero-order chi connectivity index (χ0) is 13.0. The topological polar surface area (TPSA) is 63.8 Å². The van der Waals surface area contributed by atoms with Crippen molar-refractivity contribution in [2.45, 2.75) is 32.9 Å². The van der Waals surface area contributed by atoms with Gasteiger partial charge in [0, 0.05) is 16.7 Å². The summed E-state index contributed by atoms with van der Waals surface area (Å²) < 4.78 is 6.09. The molecule has 0 saturated carbocycles. The standard InChI is InChI=1S/C12H15BrN4O/c1-3-8(2)14-7-11-16-12(17-18-11)10-5-4-9(13)6-15-10/h4-6,8,14H,3,7H2,1-2H3.